The lowest BCUT2D eigenvalue weighted by molar-refractivity contribution is -0.112. The first-order valence-corrected chi connectivity index (χ1v) is 7.44. The van der Waals surface area contributed by atoms with Crippen LogP contribution in [-0.4, -0.2) is 23.7 Å². The number of amides is 1. The van der Waals surface area contributed by atoms with E-state index in [4.69, 9.17) is 10.4 Å². The van der Waals surface area contributed by atoms with Crippen LogP contribution < -0.4 is 10.6 Å². The van der Waals surface area contributed by atoms with Gasteiger partial charge in [0.1, 0.15) is 11.6 Å². The highest BCUT2D eigenvalue weighted by molar-refractivity contribution is 6.07. The summed E-state index contributed by atoms with van der Waals surface area (Å²) in [6, 6.07) is 7.54. The van der Waals surface area contributed by atoms with E-state index in [2.05, 4.69) is 10.6 Å². The summed E-state index contributed by atoms with van der Waals surface area (Å²) in [4.78, 5) is 12.2. The maximum Gasteiger partial charge on any atom is 0.267 e. The second kappa shape index (κ2) is 8.85. The Balaban J connectivity index is 2.91. The lowest BCUT2D eigenvalue weighted by Gasteiger charge is -2.14. The van der Waals surface area contributed by atoms with Gasteiger partial charge in [0, 0.05) is 17.9 Å². The van der Waals surface area contributed by atoms with E-state index in [0.29, 0.717) is 6.42 Å². The monoisotopic (exact) mass is 301 g/mol. The predicted octanol–water partition coefficient (Wildman–Crippen LogP) is 2.26. The summed E-state index contributed by atoms with van der Waals surface area (Å²) in [6.07, 6.45) is 2.86. The Morgan fingerprint density at radius 1 is 1.45 bits per heavy atom. The summed E-state index contributed by atoms with van der Waals surface area (Å²) < 4.78 is 0. The number of benzene rings is 1. The Bertz CT molecular complexity index is 584. The highest BCUT2D eigenvalue weighted by Gasteiger charge is 2.13. The third-order valence-electron chi connectivity index (χ3n) is 3.52. The minimum atomic E-state index is -0.452. The molecule has 0 spiro atoms. The molecule has 0 saturated carbocycles. The first kappa shape index (κ1) is 17.7. The Hall–Kier alpha value is -2.32. The number of carbonyl (C=O) groups excluding carboxylic acids is 1. The molecule has 22 heavy (non-hydrogen) atoms. The number of hydrogen-bond donors (Lipinski definition) is 3. The molecule has 0 aliphatic heterocycles. The fourth-order valence-corrected chi connectivity index (χ4v) is 2.03. The van der Waals surface area contributed by atoms with Crippen LogP contribution in [0.25, 0.3) is 0 Å². The molecule has 1 aromatic carbocycles. The number of nitrogens with one attached hydrogen (secondary N) is 2. The smallest absolute Gasteiger partial charge is 0.267 e. The summed E-state index contributed by atoms with van der Waals surface area (Å²) in [5, 5.41) is 24.0. The van der Waals surface area contributed by atoms with E-state index < -0.39 is 5.91 Å². The Labute approximate surface area is 131 Å². The topological polar surface area (TPSA) is 85.2 Å². The minimum Gasteiger partial charge on any atom is -0.394 e. The van der Waals surface area contributed by atoms with E-state index in [1.54, 1.807) is 0 Å². The van der Waals surface area contributed by atoms with Gasteiger partial charge >= 0.3 is 0 Å². The predicted molar refractivity (Wildman–Crippen MR) is 87.2 cm³/mol. The number of nitriles is 1. The van der Waals surface area contributed by atoms with Crippen LogP contribution in [-0.2, 0) is 11.2 Å². The number of aryl methyl sites for hydroxylation is 2. The largest absolute Gasteiger partial charge is 0.394 e. The number of nitrogens with zero attached hydrogens (tertiary/aromatic N) is 1. The van der Waals surface area contributed by atoms with E-state index in [1.807, 2.05) is 45.0 Å². The van der Waals surface area contributed by atoms with Crippen LogP contribution in [0.4, 0.5) is 5.69 Å². The van der Waals surface area contributed by atoms with Gasteiger partial charge in [-0.1, -0.05) is 32.0 Å². The van der Waals surface area contributed by atoms with Crippen LogP contribution in [0.3, 0.4) is 0 Å². The number of carbonyl (C=O) groups is 1. The van der Waals surface area contributed by atoms with Crippen LogP contribution in [0, 0.1) is 18.3 Å². The van der Waals surface area contributed by atoms with Gasteiger partial charge < -0.3 is 15.7 Å². The van der Waals surface area contributed by atoms with Crippen molar-refractivity contribution in [1.82, 2.24) is 5.32 Å². The van der Waals surface area contributed by atoms with Crippen molar-refractivity contribution in [3.63, 3.8) is 0 Å². The average Bonchev–Trinajstić information content (AvgIpc) is 2.53. The SMILES string of the molecule is CCc1cccc(C)c1NC(=O)/C(C#N)=C\NC(CC)CO. The quantitative estimate of drug-likeness (QED) is 0.533. The molecule has 0 heterocycles. The molecule has 0 bridgehead atoms. The molecule has 1 rings (SSSR count). The van der Waals surface area contributed by atoms with Gasteiger partial charge in [0.25, 0.3) is 5.91 Å². The average molecular weight is 301 g/mol. The number of anilines is 1. The Morgan fingerprint density at radius 2 is 2.18 bits per heavy atom. The van der Waals surface area contributed by atoms with Gasteiger partial charge in [-0.05, 0) is 30.9 Å². The van der Waals surface area contributed by atoms with Gasteiger partial charge in [-0.3, -0.25) is 4.79 Å². The maximum atomic E-state index is 12.2. The normalized spacial score (nSPS) is 12.4. The molecule has 118 valence electrons. The van der Waals surface area contributed by atoms with Crippen molar-refractivity contribution < 1.29 is 9.90 Å². The lowest BCUT2D eigenvalue weighted by atomic mass is 10.1. The number of hydrogen-bond acceptors (Lipinski definition) is 4. The van der Waals surface area contributed by atoms with Crippen LogP contribution >= 0.6 is 0 Å². The molecule has 0 radical (unpaired) electrons. The number of aliphatic hydroxyl groups excluding tert-OH is 1. The van der Waals surface area contributed by atoms with Crippen LogP contribution in [0.5, 0.6) is 0 Å². The minimum absolute atomic E-state index is 0.0165. The zero-order chi connectivity index (χ0) is 16.5. The third-order valence-corrected chi connectivity index (χ3v) is 3.52. The first-order chi connectivity index (χ1) is 10.6. The van der Waals surface area contributed by atoms with Gasteiger partial charge in [-0.2, -0.15) is 5.26 Å². The van der Waals surface area contributed by atoms with Crippen molar-refractivity contribution in [2.45, 2.75) is 39.7 Å². The fraction of sp³-hybridized carbons (Fsp3) is 0.412. The molecule has 0 saturated heterocycles. The van der Waals surface area contributed by atoms with E-state index in [1.165, 1.54) is 6.20 Å². The van der Waals surface area contributed by atoms with Crippen molar-refractivity contribution in [2.75, 3.05) is 11.9 Å². The molecule has 0 aliphatic carbocycles. The second-order valence-electron chi connectivity index (χ2n) is 5.04. The van der Waals surface area contributed by atoms with Crippen molar-refractivity contribution in [3.8, 4) is 6.07 Å². The van der Waals surface area contributed by atoms with Gasteiger partial charge in [0.05, 0.1) is 6.61 Å². The van der Waals surface area contributed by atoms with Crippen LogP contribution in [0.1, 0.15) is 31.4 Å². The van der Waals surface area contributed by atoms with Crippen molar-refractivity contribution in [2.24, 2.45) is 0 Å². The zero-order valence-corrected chi connectivity index (χ0v) is 13.3. The molecule has 5 nitrogen and oxygen atoms in total. The molecule has 1 amide bonds. The fourth-order valence-electron chi connectivity index (χ4n) is 2.03. The van der Waals surface area contributed by atoms with Crippen molar-refractivity contribution in [3.05, 3.63) is 41.1 Å². The highest BCUT2D eigenvalue weighted by atomic mass is 16.3. The lowest BCUT2D eigenvalue weighted by Crippen LogP contribution is -2.28. The van der Waals surface area contributed by atoms with E-state index in [-0.39, 0.29) is 18.2 Å². The molecular weight excluding hydrogens is 278 g/mol. The van der Waals surface area contributed by atoms with E-state index in [9.17, 15) is 4.79 Å². The Kier molecular flexibility index (Phi) is 7.14. The maximum absolute atomic E-state index is 12.2. The van der Waals surface area contributed by atoms with Gasteiger partial charge in [0.15, 0.2) is 0 Å². The van der Waals surface area contributed by atoms with Crippen LogP contribution in [0.15, 0.2) is 30.0 Å². The summed E-state index contributed by atoms with van der Waals surface area (Å²) in [5.41, 5.74) is 2.72. The van der Waals surface area contributed by atoms with E-state index >= 15 is 0 Å². The number of rotatable bonds is 7. The summed E-state index contributed by atoms with van der Waals surface area (Å²) >= 11 is 0. The van der Waals surface area contributed by atoms with Crippen molar-refractivity contribution in [1.29, 1.82) is 5.26 Å². The molecule has 0 aliphatic rings. The summed E-state index contributed by atoms with van der Waals surface area (Å²) in [6.45, 7) is 5.79. The first-order valence-electron chi connectivity index (χ1n) is 7.44. The van der Waals surface area contributed by atoms with Gasteiger partial charge in [-0.25, -0.2) is 0 Å². The van der Waals surface area contributed by atoms with Gasteiger partial charge in [0.2, 0.25) is 0 Å². The highest BCUT2D eigenvalue weighted by Crippen LogP contribution is 2.21. The Morgan fingerprint density at radius 3 is 2.73 bits per heavy atom. The summed E-state index contributed by atoms with van der Waals surface area (Å²) in [5.74, 6) is -0.452. The van der Waals surface area contributed by atoms with Gasteiger partial charge in [-0.15, -0.1) is 0 Å². The summed E-state index contributed by atoms with van der Waals surface area (Å²) in [7, 11) is 0. The molecule has 0 fully saturated rings. The number of para-hydroxylation sites is 1. The molecule has 1 aromatic rings. The molecule has 1 atom stereocenters. The second-order valence-corrected chi connectivity index (χ2v) is 5.04. The standard InChI is InChI=1S/C17H23N3O2/c1-4-13-8-6-7-12(3)16(13)20-17(22)14(9-18)10-19-15(5-2)11-21/h6-8,10,15,19,21H,4-5,11H2,1-3H3,(H,20,22)/b14-10-. The van der Waals surface area contributed by atoms with Crippen molar-refractivity contribution >= 4 is 11.6 Å². The third kappa shape index (κ3) is 4.61. The van der Waals surface area contributed by atoms with Crippen LogP contribution in [0.2, 0.25) is 0 Å². The molecular formula is C17H23N3O2. The number of aliphatic hydroxyl groups is 1. The zero-order valence-electron chi connectivity index (χ0n) is 13.3. The molecule has 3 N–H and O–H groups in total. The molecule has 0 aromatic heterocycles. The molecule has 1 unspecified atom stereocenters. The van der Waals surface area contributed by atoms with E-state index in [0.717, 1.165) is 23.2 Å². The molecule has 5 heteroatoms.